The molecule has 7 heteroatoms. The van der Waals surface area contributed by atoms with Crippen molar-refractivity contribution in [2.75, 3.05) is 11.3 Å². The summed E-state index contributed by atoms with van der Waals surface area (Å²) in [5.41, 5.74) is 1.38. The molecule has 0 aliphatic heterocycles. The minimum atomic E-state index is -3.65. The fraction of sp³-hybridized carbons (Fsp3) is 0.364. The Morgan fingerprint density at radius 1 is 1.03 bits per heavy atom. The van der Waals surface area contributed by atoms with E-state index in [0.717, 1.165) is 18.4 Å². The van der Waals surface area contributed by atoms with Crippen LogP contribution < -0.4 is 4.72 Å². The highest BCUT2D eigenvalue weighted by Gasteiger charge is 2.17. The Morgan fingerprint density at radius 3 is 2.34 bits per heavy atom. The van der Waals surface area contributed by atoms with Gasteiger partial charge in [0.05, 0.1) is 11.0 Å². The van der Waals surface area contributed by atoms with Gasteiger partial charge in [0.1, 0.15) is 6.61 Å². The normalized spacial score (nSPS) is 14.6. The number of carbonyl (C=O) groups excluding carboxylic acids is 1. The van der Waals surface area contributed by atoms with Crippen LogP contribution in [0.4, 0.5) is 5.69 Å². The van der Waals surface area contributed by atoms with Gasteiger partial charge in [-0.25, -0.2) is 8.42 Å². The van der Waals surface area contributed by atoms with Gasteiger partial charge in [0.15, 0.2) is 5.78 Å². The molecule has 0 saturated heterocycles. The maximum absolute atomic E-state index is 12.5. The van der Waals surface area contributed by atoms with Gasteiger partial charge in [-0.3, -0.25) is 9.52 Å². The number of rotatable bonds is 10. The van der Waals surface area contributed by atoms with Crippen LogP contribution in [0.2, 0.25) is 0 Å². The highest BCUT2D eigenvalue weighted by molar-refractivity contribution is 7.92. The third kappa shape index (κ3) is 6.73. The second-order valence-electron chi connectivity index (χ2n) is 7.26. The summed E-state index contributed by atoms with van der Waals surface area (Å²) in [5, 5.41) is 0. The van der Waals surface area contributed by atoms with Crippen LogP contribution in [-0.4, -0.2) is 31.8 Å². The van der Waals surface area contributed by atoms with Crippen molar-refractivity contribution >= 4 is 38.6 Å². The number of ether oxygens (including phenoxy) is 1. The van der Waals surface area contributed by atoms with Crippen molar-refractivity contribution in [2.45, 2.75) is 49.5 Å². The maximum atomic E-state index is 12.5. The van der Waals surface area contributed by atoms with Crippen molar-refractivity contribution in [1.29, 1.82) is 0 Å². The third-order valence-corrected chi connectivity index (χ3v) is 6.52. The van der Waals surface area contributed by atoms with Crippen molar-refractivity contribution in [1.82, 2.24) is 0 Å². The lowest BCUT2D eigenvalue weighted by Gasteiger charge is -2.11. The van der Waals surface area contributed by atoms with Gasteiger partial charge >= 0.3 is 0 Å². The van der Waals surface area contributed by atoms with Crippen LogP contribution >= 0.6 is 12.2 Å². The first-order valence-corrected chi connectivity index (χ1v) is 11.6. The summed E-state index contributed by atoms with van der Waals surface area (Å²) in [6.07, 6.45) is 5.28. The van der Waals surface area contributed by atoms with E-state index in [-0.39, 0.29) is 29.8 Å². The lowest BCUT2D eigenvalue weighted by atomic mass is 10.1. The molecule has 1 N–H and O–H groups in total. The van der Waals surface area contributed by atoms with E-state index < -0.39 is 10.0 Å². The zero-order chi connectivity index (χ0) is 20.7. The number of hydrogen-bond acceptors (Lipinski definition) is 5. The first kappa shape index (κ1) is 21.6. The van der Waals surface area contributed by atoms with E-state index in [0.29, 0.717) is 17.0 Å². The van der Waals surface area contributed by atoms with Gasteiger partial charge in [0.25, 0.3) is 10.0 Å². The fourth-order valence-electron chi connectivity index (χ4n) is 3.33. The van der Waals surface area contributed by atoms with Crippen molar-refractivity contribution in [2.24, 2.45) is 0 Å². The minimum absolute atomic E-state index is 0.00633. The molecular formula is C22H25NO4S2. The summed E-state index contributed by atoms with van der Waals surface area (Å²) in [6.45, 7) is 0.118. The molecule has 0 radical (unpaired) electrons. The molecule has 1 aliphatic carbocycles. The fourth-order valence-corrected chi connectivity index (χ4v) is 4.72. The van der Waals surface area contributed by atoms with E-state index in [9.17, 15) is 13.2 Å². The van der Waals surface area contributed by atoms with Gasteiger partial charge in [0.2, 0.25) is 0 Å². The Hall–Kier alpha value is -2.09. The zero-order valence-electron chi connectivity index (χ0n) is 16.2. The van der Waals surface area contributed by atoms with Crippen molar-refractivity contribution in [3.05, 3.63) is 60.2 Å². The van der Waals surface area contributed by atoms with E-state index >= 15 is 0 Å². The number of thiocarbonyl (C=S) groups is 1. The largest absolute Gasteiger partial charge is 0.370 e. The molecule has 29 heavy (non-hydrogen) atoms. The van der Waals surface area contributed by atoms with Crippen LogP contribution in [0.3, 0.4) is 0 Å². The summed E-state index contributed by atoms with van der Waals surface area (Å²) in [7, 11) is -3.65. The number of ketones is 1. The van der Waals surface area contributed by atoms with Gasteiger partial charge in [-0.1, -0.05) is 55.4 Å². The number of anilines is 1. The van der Waals surface area contributed by atoms with Crippen LogP contribution in [0.5, 0.6) is 0 Å². The van der Waals surface area contributed by atoms with Gasteiger partial charge in [-0.15, -0.1) is 0 Å². The highest BCUT2D eigenvalue weighted by atomic mass is 32.2. The third-order valence-electron chi connectivity index (χ3n) is 4.84. The van der Waals surface area contributed by atoms with Crippen LogP contribution in [0, 0.1) is 0 Å². The molecule has 0 amide bonds. The number of para-hydroxylation sites is 1. The molecule has 1 aliphatic rings. The summed E-state index contributed by atoms with van der Waals surface area (Å²) in [6, 6.07) is 15.3. The first-order valence-electron chi connectivity index (χ1n) is 9.74. The lowest BCUT2D eigenvalue weighted by Crippen LogP contribution is -2.18. The average Bonchev–Trinajstić information content (AvgIpc) is 3.21. The van der Waals surface area contributed by atoms with E-state index in [2.05, 4.69) is 4.72 Å². The topological polar surface area (TPSA) is 72.5 Å². The zero-order valence-corrected chi connectivity index (χ0v) is 17.8. The molecule has 1 saturated carbocycles. The first-order chi connectivity index (χ1) is 13.9. The molecule has 0 unspecified atom stereocenters. The number of nitrogens with one attached hydrogen (secondary N) is 1. The standard InChI is InChI=1S/C22H25NO4S2/c24-19(16-27-20-8-4-5-9-20)15-21(28)14-17-10-12-22(13-11-17)29(25,26)23-18-6-2-1-3-7-18/h1-3,6-7,10-13,20,23H,4-5,8-9,14-16H2. The van der Waals surface area contributed by atoms with E-state index in [1.165, 1.54) is 12.8 Å². The number of Topliss-reactive ketones (excluding diaryl/α,β-unsaturated/α-hetero) is 1. The van der Waals surface area contributed by atoms with Crippen LogP contribution in [0.25, 0.3) is 0 Å². The van der Waals surface area contributed by atoms with E-state index in [4.69, 9.17) is 17.0 Å². The molecule has 154 valence electrons. The van der Waals surface area contributed by atoms with Crippen LogP contribution in [-0.2, 0) is 26.0 Å². The molecule has 0 heterocycles. The Labute approximate surface area is 177 Å². The molecule has 1 fully saturated rings. The molecule has 0 aromatic heterocycles. The van der Waals surface area contributed by atoms with E-state index in [1.807, 2.05) is 6.07 Å². The van der Waals surface area contributed by atoms with E-state index in [1.54, 1.807) is 48.5 Å². The smallest absolute Gasteiger partial charge is 0.261 e. The van der Waals surface area contributed by atoms with Gasteiger partial charge in [0, 0.05) is 23.4 Å². The van der Waals surface area contributed by atoms with Gasteiger partial charge in [-0.2, -0.15) is 0 Å². The summed E-state index contributed by atoms with van der Waals surface area (Å²) < 4.78 is 33.1. The number of hydrogen-bond donors (Lipinski definition) is 1. The second-order valence-corrected chi connectivity index (χ2v) is 9.52. The van der Waals surface area contributed by atoms with Crippen molar-refractivity contribution in [3.8, 4) is 0 Å². The molecule has 3 rings (SSSR count). The predicted molar refractivity (Wildman–Crippen MR) is 118 cm³/mol. The van der Waals surface area contributed by atoms with Crippen LogP contribution in [0.15, 0.2) is 59.5 Å². The lowest BCUT2D eigenvalue weighted by molar-refractivity contribution is -0.124. The summed E-state index contributed by atoms with van der Waals surface area (Å²) >= 11 is 5.35. The molecule has 0 atom stereocenters. The Morgan fingerprint density at radius 2 is 1.69 bits per heavy atom. The van der Waals surface area contributed by atoms with Crippen LogP contribution in [0.1, 0.15) is 37.7 Å². The SMILES string of the molecule is O=C(COC1CCCC1)CC(=S)Cc1ccc(S(=O)(=O)Nc2ccccc2)cc1. The molecular weight excluding hydrogens is 406 g/mol. The maximum Gasteiger partial charge on any atom is 0.261 e. The highest BCUT2D eigenvalue weighted by Crippen LogP contribution is 2.21. The number of carbonyl (C=O) groups is 1. The predicted octanol–water partition coefficient (Wildman–Crippen LogP) is 4.32. The minimum Gasteiger partial charge on any atom is -0.370 e. The summed E-state index contributed by atoms with van der Waals surface area (Å²) in [5.74, 6) is -0.00633. The second kappa shape index (κ2) is 10.1. The molecule has 2 aromatic carbocycles. The molecule has 5 nitrogen and oxygen atoms in total. The van der Waals surface area contributed by atoms with Gasteiger partial charge < -0.3 is 4.74 Å². The van der Waals surface area contributed by atoms with Crippen molar-refractivity contribution in [3.63, 3.8) is 0 Å². The quantitative estimate of drug-likeness (QED) is 0.567. The molecule has 0 bridgehead atoms. The summed E-state index contributed by atoms with van der Waals surface area (Å²) in [4.78, 5) is 12.9. The average molecular weight is 432 g/mol. The Bertz CT molecular complexity index is 935. The molecule has 0 spiro atoms. The number of benzene rings is 2. The Balaban J connectivity index is 1.50. The van der Waals surface area contributed by atoms with Crippen molar-refractivity contribution < 1.29 is 17.9 Å². The van der Waals surface area contributed by atoms with Gasteiger partial charge in [-0.05, 0) is 42.7 Å². The number of sulfonamides is 1. The Kier molecular flexibility index (Phi) is 7.52. The molecule has 2 aromatic rings. The monoisotopic (exact) mass is 431 g/mol.